The van der Waals surface area contributed by atoms with Crippen molar-refractivity contribution in [3.05, 3.63) is 0 Å². The third-order valence-corrected chi connectivity index (χ3v) is 2.97. The molecule has 0 aliphatic carbocycles. The van der Waals surface area contributed by atoms with E-state index in [2.05, 4.69) is 36.2 Å². The summed E-state index contributed by atoms with van der Waals surface area (Å²) in [7, 11) is 5.50. The molecule has 1 unspecified atom stereocenters. The SMILES string of the molecule is [B]NC(C)(C)CC(C)N1CCNCC1. The molecule has 14 heavy (non-hydrogen) atoms. The van der Waals surface area contributed by atoms with Crippen LogP contribution in [0.4, 0.5) is 0 Å². The van der Waals surface area contributed by atoms with Crippen molar-refractivity contribution in [1.82, 2.24) is 15.4 Å². The lowest BCUT2D eigenvalue weighted by Crippen LogP contribution is -2.51. The minimum atomic E-state index is 0.0320. The molecule has 1 heterocycles. The van der Waals surface area contributed by atoms with Gasteiger partial charge in [-0.3, -0.25) is 4.90 Å². The van der Waals surface area contributed by atoms with E-state index in [0.717, 1.165) is 32.6 Å². The minimum absolute atomic E-state index is 0.0320. The van der Waals surface area contributed by atoms with Crippen LogP contribution in [-0.4, -0.2) is 50.6 Å². The standard InChI is InChI=1S/C10H22BN3/c1-9(8-10(2,3)13-11)14-6-4-12-5-7-14/h9,12-13H,4-8H2,1-3H3. The Kier molecular flexibility index (Phi) is 4.42. The highest BCUT2D eigenvalue weighted by Gasteiger charge is 2.23. The maximum Gasteiger partial charge on any atom is 0.178 e. The van der Waals surface area contributed by atoms with Crippen LogP contribution < -0.4 is 10.5 Å². The molecule has 4 heteroatoms. The van der Waals surface area contributed by atoms with Gasteiger partial charge in [-0.15, -0.1) is 0 Å². The van der Waals surface area contributed by atoms with Crippen molar-refractivity contribution in [2.75, 3.05) is 26.2 Å². The molecule has 0 saturated carbocycles. The van der Waals surface area contributed by atoms with Crippen LogP contribution >= 0.6 is 0 Å². The van der Waals surface area contributed by atoms with E-state index in [-0.39, 0.29) is 5.54 Å². The van der Waals surface area contributed by atoms with Crippen molar-refractivity contribution in [2.45, 2.75) is 38.8 Å². The van der Waals surface area contributed by atoms with Gasteiger partial charge in [0, 0.05) is 37.8 Å². The molecule has 2 radical (unpaired) electrons. The lowest BCUT2D eigenvalue weighted by atomic mass is 9.93. The molecule has 0 aromatic carbocycles. The highest BCUT2D eigenvalue weighted by atomic mass is 15.2. The highest BCUT2D eigenvalue weighted by molar-refractivity contribution is 6.04. The first-order chi connectivity index (χ1) is 6.55. The summed E-state index contributed by atoms with van der Waals surface area (Å²) in [5.74, 6) is 0. The minimum Gasteiger partial charge on any atom is -0.362 e. The van der Waals surface area contributed by atoms with Crippen molar-refractivity contribution < 1.29 is 0 Å². The van der Waals surface area contributed by atoms with Crippen LogP contribution in [0.5, 0.6) is 0 Å². The average molecular weight is 195 g/mol. The zero-order valence-corrected chi connectivity index (χ0v) is 9.64. The van der Waals surface area contributed by atoms with Crippen LogP contribution in [0.15, 0.2) is 0 Å². The summed E-state index contributed by atoms with van der Waals surface area (Å²) in [5, 5.41) is 6.23. The van der Waals surface area contributed by atoms with Gasteiger partial charge in [-0.2, -0.15) is 0 Å². The predicted molar refractivity (Wildman–Crippen MR) is 61.5 cm³/mol. The monoisotopic (exact) mass is 195 g/mol. The number of hydrogen-bond donors (Lipinski definition) is 2. The molecular formula is C10H22BN3. The fourth-order valence-corrected chi connectivity index (χ4v) is 2.05. The Morgan fingerprint density at radius 3 is 2.50 bits per heavy atom. The topological polar surface area (TPSA) is 27.3 Å². The van der Waals surface area contributed by atoms with E-state index >= 15 is 0 Å². The van der Waals surface area contributed by atoms with Gasteiger partial charge in [-0.25, -0.2) is 0 Å². The van der Waals surface area contributed by atoms with Gasteiger partial charge in [0.25, 0.3) is 0 Å². The van der Waals surface area contributed by atoms with Gasteiger partial charge in [0.15, 0.2) is 7.98 Å². The summed E-state index contributed by atoms with van der Waals surface area (Å²) in [6.07, 6.45) is 1.09. The maximum atomic E-state index is 5.50. The quantitative estimate of drug-likeness (QED) is 0.624. The molecule has 0 bridgehead atoms. The predicted octanol–water partition coefficient (Wildman–Crippen LogP) is 0.122. The molecule has 0 aromatic rings. The fourth-order valence-electron chi connectivity index (χ4n) is 2.05. The number of piperazine rings is 1. The molecule has 80 valence electrons. The summed E-state index contributed by atoms with van der Waals surface area (Å²) in [4.78, 5) is 2.52. The van der Waals surface area contributed by atoms with Gasteiger partial charge in [0.1, 0.15) is 0 Å². The molecular weight excluding hydrogens is 173 g/mol. The second-order valence-electron chi connectivity index (χ2n) is 4.87. The van der Waals surface area contributed by atoms with Crippen molar-refractivity contribution in [3.63, 3.8) is 0 Å². The Morgan fingerprint density at radius 2 is 2.00 bits per heavy atom. The Bertz CT molecular complexity index is 167. The van der Waals surface area contributed by atoms with E-state index in [1.54, 1.807) is 0 Å². The van der Waals surface area contributed by atoms with Crippen LogP contribution in [0.2, 0.25) is 0 Å². The van der Waals surface area contributed by atoms with Crippen LogP contribution in [0.3, 0.4) is 0 Å². The molecule has 1 aliphatic heterocycles. The van der Waals surface area contributed by atoms with Gasteiger partial charge < -0.3 is 10.5 Å². The molecule has 0 aromatic heterocycles. The molecule has 2 N–H and O–H groups in total. The summed E-state index contributed by atoms with van der Waals surface area (Å²) >= 11 is 0. The van der Waals surface area contributed by atoms with Crippen molar-refractivity contribution in [3.8, 4) is 0 Å². The Hall–Kier alpha value is -0.0551. The first kappa shape index (κ1) is 12.0. The van der Waals surface area contributed by atoms with E-state index in [1.807, 2.05) is 0 Å². The van der Waals surface area contributed by atoms with Crippen molar-refractivity contribution >= 4 is 7.98 Å². The van der Waals surface area contributed by atoms with Crippen LogP contribution in [0.25, 0.3) is 0 Å². The van der Waals surface area contributed by atoms with Crippen LogP contribution in [0.1, 0.15) is 27.2 Å². The molecule has 1 fully saturated rings. The van der Waals surface area contributed by atoms with Gasteiger partial charge in [-0.1, -0.05) is 0 Å². The average Bonchev–Trinajstić information content (AvgIpc) is 2.19. The van der Waals surface area contributed by atoms with Gasteiger partial charge in [0.2, 0.25) is 0 Å². The summed E-state index contributed by atoms with van der Waals surface area (Å²) in [6.45, 7) is 11.1. The lowest BCUT2D eigenvalue weighted by Gasteiger charge is -2.37. The largest absolute Gasteiger partial charge is 0.362 e. The first-order valence-corrected chi connectivity index (χ1v) is 5.48. The zero-order chi connectivity index (χ0) is 10.6. The van der Waals surface area contributed by atoms with Crippen LogP contribution in [0, 0.1) is 0 Å². The molecule has 1 atom stereocenters. The third kappa shape index (κ3) is 3.60. The Morgan fingerprint density at radius 1 is 1.43 bits per heavy atom. The summed E-state index contributed by atoms with van der Waals surface area (Å²) in [6, 6.07) is 0.600. The van der Waals surface area contributed by atoms with E-state index < -0.39 is 0 Å². The van der Waals surface area contributed by atoms with E-state index in [4.69, 9.17) is 7.98 Å². The van der Waals surface area contributed by atoms with Crippen molar-refractivity contribution in [1.29, 1.82) is 0 Å². The molecule has 3 nitrogen and oxygen atoms in total. The van der Waals surface area contributed by atoms with Gasteiger partial charge >= 0.3 is 0 Å². The molecule has 1 rings (SSSR count). The molecule has 0 amide bonds. The molecule has 0 spiro atoms. The number of hydrogen-bond acceptors (Lipinski definition) is 3. The summed E-state index contributed by atoms with van der Waals surface area (Å²) < 4.78 is 0. The zero-order valence-electron chi connectivity index (χ0n) is 9.64. The second kappa shape index (κ2) is 5.15. The summed E-state index contributed by atoms with van der Waals surface area (Å²) in [5.41, 5.74) is 0.0320. The first-order valence-electron chi connectivity index (χ1n) is 5.48. The molecule has 1 aliphatic rings. The Balaban J connectivity index is 2.36. The van der Waals surface area contributed by atoms with Gasteiger partial charge in [0.05, 0.1) is 0 Å². The molecule has 1 saturated heterocycles. The fraction of sp³-hybridized carbons (Fsp3) is 1.00. The normalized spacial score (nSPS) is 22.2. The third-order valence-electron chi connectivity index (χ3n) is 2.97. The van der Waals surface area contributed by atoms with Gasteiger partial charge in [-0.05, 0) is 27.2 Å². The van der Waals surface area contributed by atoms with E-state index in [1.165, 1.54) is 0 Å². The number of rotatable bonds is 4. The number of nitrogens with zero attached hydrogens (tertiary/aromatic N) is 1. The highest BCUT2D eigenvalue weighted by Crippen LogP contribution is 2.15. The van der Waals surface area contributed by atoms with E-state index in [0.29, 0.717) is 6.04 Å². The lowest BCUT2D eigenvalue weighted by molar-refractivity contribution is 0.155. The second-order valence-corrected chi connectivity index (χ2v) is 4.87. The Labute approximate surface area is 89.1 Å². The number of nitrogens with one attached hydrogen (secondary N) is 2. The maximum absolute atomic E-state index is 5.50. The van der Waals surface area contributed by atoms with E-state index in [9.17, 15) is 0 Å². The smallest absolute Gasteiger partial charge is 0.178 e. The van der Waals surface area contributed by atoms with Crippen molar-refractivity contribution in [2.24, 2.45) is 0 Å². The van der Waals surface area contributed by atoms with Crippen LogP contribution in [-0.2, 0) is 0 Å².